The molecule has 3 aromatic heterocycles. The molecular formula is C81H70B2BrN5O4S3. The van der Waals surface area contributed by atoms with Crippen molar-refractivity contribution in [2.45, 2.75) is 57.8 Å². The maximum absolute atomic E-state index is 9.21. The molecule has 3 heterocycles. The molecule has 0 spiro atoms. The van der Waals surface area contributed by atoms with E-state index in [1.54, 1.807) is 35.6 Å². The molecule has 11 aromatic carbocycles. The molecule has 14 aromatic rings. The maximum Gasteiger partial charge on any atom is 0.488 e. The van der Waals surface area contributed by atoms with Crippen molar-refractivity contribution >= 4 is 136 Å². The summed E-state index contributed by atoms with van der Waals surface area (Å²) in [5.41, 5.74) is 28.4. The van der Waals surface area contributed by atoms with E-state index in [-0.39, 0.29) is 0 Å². The summed E-state index contributed by atoms with van der Waals surface area (Å²) in [6.07, 6.45) is 7.65. The van der Waals surface area contributed by atoms with Gasteiger partial charge in [-0.25, -0.2) is 6.57 Å². The van der Waals surface area contributed by atoms with Crippen LogP contribution < -0.4 is 22.4 Å². The minimum Gasteiger partial charge on any atom is -0.423 e. The van der Waals surface area contributed by atoms with E-state index in [1.807, 2.05) is 59.1 Å². The van der Waals surface area contributed by atoms with Crippen LogP contribution in [0.2, 0.25) is 0 Å². The van der Waals surface area contributed by atoms with Crippen molar-refractivity contribution in [1.82, 2.24) is 0 Å². The Morgan fingerprint density at radius 3 is 0.969 bits per heavy atom. The Morgan fingerprint density at radius 1 is 0.365 bits per heavy atom. The van der Waals surface area contributed by atoms with Crippen molar-refractivity contribution in [3.05, 3.63) is 274 Å². The molecule has 0 aliphatic heterocycles. The van der Waals surface area contributed by atoms with Crippen molar-refractivity contribution in [3.63, 3.8) is 0 Å². The predicted octanol–water partition coefficient (Wildman–Crippen LogP) is 17.8. The largest absolute Gasteiger partial charge is 0.488 e. The summed E-state index contributed by atoms with van der Waals surface area (Å²) in [6, 6.07) is 84.9. The smallest absolute Gasteiger partial charge is 0.423 e. The zero-order valence-corrected chi connectivity index (χ0v) is 57.0. The second kappa shape index (κ2) is 33.1. The lowest BCUT2D eigenvalue weighted by Crippen LogP contribution is -2.29. The molecule has 0 fully saturated rings. The van der Waals surface area contributed by atoms with Gasteiger partial charge in [0, 0.05) is 73.5 Å². The lowest BCUT2D eigenvalue weighted by Gasteiger charge is -2.07. The maximum atomic E-state index is 9.21. The van der Waals surface area contributed by atoms with Crippen molar-refractivity contribution in [3.8, 4) is 56.6 Å². The summed E-state index contributed by atoms with van der Waals surface area (Å²) in [5, 5.41) is 61.1. The summed E-state index contributed by atoms with van der Waals surface area (Å²) in [5.74, 6) is 0. The highest BCUT2D eigenvalue weighted by Gasteiger charge is 2.18. The fourth-order valence-corrected chi connectivity index (χ4v) is 15.6. The molecule has 14 rings (SSSR count). The van der Waals surface area contributed by atoms with Crippen LogP contribution >= 0.6 is 49.9 Å². The van der Waals surface area contributed by atoms with Gasteiger partial charge < -0.3 is 36.4 Å². The second-order valence-corrected chi connectivity index (χ2v) is 27.7. The Balaban J connectivity index is 0.000000139. The van der Waals surface area contributed by atoms with E-state index in [2.05, 4.69) is 203 Å². The number of rotatable bonds is 18. The zero-order valence-electron chi connectivity index (χ0n) is 53.0. The quantitative estimate of drug-likeness (QED) is 0.0362. The Bertz CT molecular complexity index is 4900. The summed E-state index contributed by atoms with van der Waals surface area (Å²) in [4.78, 5) is 3.49. The molecule has 0 amide bonds. The van der Waals surface area contributed by atoms with Crippen LogP contribution in [-0.2, 0) is 32.1 Å². The van der Waals surface area contributed by atoms with Gasteiger partial charge in [-0.2, -0.15) is 10.5 Å². The molecular weight excluding hydrogens is 1300 g/mol. The van der Waals surface area contributed by atoms with Crippen LogP contribution in [0, 0.1) is 29.2 Å². The van der Waals surface area contributed by atoms with E-state index in [1.165, 1.54) is 113 Å². The van der Waals surface area contributed by atoms with E-state index in [0.29, 0.717) is 30.3 Å². The molecule has 0 saturated heterocycles. The van der Waals surface area contributed by atoms with Crippen LogP contribution in [0.15, 0.2) is 235 Å². The molecule has 0 atom stereocenters. The normalized spacial score (nSPS) is 10.9. The minimum atomic E-state index is -1.51. The topological polar surface area (TPSA) is 185 Å². The van der Waals surface area contributed by atoms with Crippen LogP contribution in [0.25, 0.3) is 110 Å². The lowest BCUT2D eigenvalue weighted by molar-refractivity contribution is 0.424. The Morgan fingerprint density at radius 2 is 0.656 bits per heavy atom. The first-order valence-corrected chi connectivity index (χ1v) is 35.3. The molecule has 15 heteroatoms. The van der Waals surface area contributed by atoms with Crippen LogP contribution in [0.5, 0.6) is 0 Å². The van der Waals surface area contributed by atoms with Gasteiger partial charge in [0.25, 0.3) is 0 Å². The number of hydrogen-bond donors (Lipinski definition) is 6. The highest BCUT2D eigenvalue weighted by Crippen LogP contribution is 2.41. The first-order chi connectivity index (χ1) is 46.9. The number of hydrogen-bond acceptors (Lipinski definition) is 11. The van der Waals surface area contributed by atoms with Gasteiger partial charge >= 0.3 is 14.2 Å². The number of benzene rings is 11. The SMILES string of the molecule is N#CCCc1cccc(Br)c1.NCCCc1cccc(-c2ccc3sc4ccc(-c5cccc(CCCN)c5)cc4c3c2)c1.OB(O)c1ccc2sc3ccc(B(O)O)cc3c2c1.[C-]#[N+]CCc1cccc(-c2ccc3sc4ccc(-c5cccc(CCC#N)c5)cc4c3c2)c1. The zero-order chi connectivity index (χ0) is 66.9. The van der Waals surface area contributed by atoms with Gasteiger partial charge in [-0.3, -0.25) is 0 Å². The molecule has 474 valence electrons. The molecule has 0 radical (unpaired) electrons. The van der Waals surface area contributed by atoms with Crippen LogP contribution in [0.4, 0.5) is 0 Å². The molecule has 0 unspecified atom stereocenters. The fraction of sp³-hybridized carbons (Fsp3) is 0.148. The van der Waals surface area contributed by atoms with E-state index in [9.17, 15) is 20.1 Å². The lowest BCUT2D eigenvalue weighted by atomic mass is 9.78. The first kappa shape index (κ1) is 68.3. The molecule has 0 bridgehead atoms. The van der Waals surface area contributed by atoms with Crippen LogP contribution in [-0.4, -0.2) is 54.0 Å². The number of thiophene rings is 3. The average Bonchev–Trinajstić information content (AvgIpc) is 1.62. The highest BCUT2D eigenvalue weighted by atomic mass is 79.9. The molecule has 0 saturated carbocycles. The van der Waals surface area contributed by atoms with Crippen LogP contribution in [0.1, 0.15) is 53.5 Å². The van der Waals surface area contributed by atoms with Crippen molar-refractivity contribution in [2.75, 3.05) is 19.6 Å². The van der Waals surface area contributed by atoms with Gasteiger partial charge in [0.05, 0.1) is 12.1 Å². The summed E-state index contributed by atoms with van der Waals surface area (Å²) >= 11 is 8.65. The predicted molar refractivity (Wildman–Crippen MR) is 411 cm³/mol. The number of fused-ring (bicyclic) bond motifs is 9. The van der Waals surface area contributed by atoms with E-state index >= 15 is 0 Å². The number of nitrogens with two attached hydrogens (primary N) is 2. The summed E-state index contributed by atoms with van der Waals surface area (Å²) in [7, 11) is -3.02. The molecule has 9 nitrogen and oxygen atoms in total. The van der Waals surface area contributed by atoms with Crippen molar-refractivity contribution < 1.29 is 20.1 Å². The number of nitrogens with zero attached hydrogens (tertiary/aromatic N) is 3. The molecule has 96 heavy (non-hydrogen) atoms. The fourth-order valence-electron chi connectivity index (χ4n) is 11.9. The van der Waals surface area contributed by atoms with E-state index in [0.717, 1.165) is 82.7 Å². The van der Waals surface area contributed by atoms with Gasteiger partial charge in [0.2, 0.25) is 6.54 Å². The third-order valence-corrected chi connectivity index (χ3v) is 20.8. The minimum absolute atomic E-state index is 0.419. The number of aryl methyl sites for hydroxylation is 4. The van der Waals surface area contributed by atoms with Gasteiger partial charge in [-0.1, -0.05) is 174 Å². The summed E-state index contributed by atoms with van der Waals surface area (Å²) < 4.78 is 8.36. The monoisotopic (exact) mass is 1370 g/mol. The first-order valence-electron chi connectivity index (χ1n) is 32.1. The Labute approximate surface area is 581 Å². The second-order valence-electron chi connectivity index (χ2n) is 23.6. The Hall–Kier alpha value is -9.08. The van der Waals surface area contributed by atoms with Gasteiger partial charge in [0.15, 0.2) is 0 Å². The van der Waals surface area contributed by atoms with Crippen molar-refractivity contribution in [2.24, 2.45) is 11.5 Å². The Kier molecular flexibility index (Phi) is 23.5. The van der Waals surface area contributed by atoms with Gasteiger partial charge in [-0.15, -0.1) is 34.0 Å². The molecule has 8 N–H and O–H groups in total. The van der Waals surface area contributed by atoms with E-state index < -0.39 is 14.2 Å². The van der Waals surface area contributed by atoms with Crippen LogP contribution in [0.3, 0.4) is 0 Å². The molecule has 0 aliphatic rings. The average molecular weight is 1380 g/mol. The highest BCUT2D eigenvalue weighted by molar-refractivity contribution is 9.10. The van der Waals surface area contributed by atoms with Gasteiger partial charge in [0.1, 0.15) is 0 Å². The summed E-state index contributed by atoms with van der Waals surface area (Å²) in [6.45, 7) is 9.04. The number of nitriles is 2. The third-order valence-electron chi connectivity index (χ3n) is 16.9. The third kappa shape index (κ3) is 17.1. The molecule has 0 aliphatic carbocycles. The van der Waals surface area contributed by atoms with E-state index in [4.69, 9.17) is 28.6 Å². The van der Waals surface area contributed by atoms with Gasteiger partial charge in [-0.05, 0) is 218 Å². The van der Waals surface area contributed by atoms with Crippen molar-refractivity contribution in [1.29, 1.82) is 10.5 Å². The standard InChI is InChI=1S/C30H22N2S.C30H30N2S.C12H10B2O4S.C9H8BrN/c1-32-16-14-22-6-3-9-24(18-22)26-11-13-30-28(20-26)27-19-25(10-12-29(27)33-30)23-8-2-5-21(17-23)7-4-15-31;31-15-3-7-21-5-1-9-23(17-21)25-11-13-29-27(19-25)28-20-26(12-14-30(28)33-29)24-10-2-6-22(18-24)8-4-16-32;15-13(16)7-1-3-11-9(5-7)10-6-8(14(17)18)2-4-12(10)19-11;10-9-5-1-3-8(7-9)4-2-6-11/h2-3,5-6,8-13,17-20H,4,7,14,16H2;1-2,5-6,9-14,17-20H,3-4,7-8,15-16,31-32H2;1-6,15-18H;1,3,5,7H,2,4H2. The number of halogens is 1.